The molecule has 0 unspecified atom stereocenters. The number of ether oxygens (including phenoxy) is 2. The topological polar surface area (TPSA) is 60.0 Å². The highest BCUT2D eigenvalue weighted by molar-refractivity contribution is 9.10. The van der Waals surface area contributed by atoms with Gasteiger partial charge in [0.25, 0.3) is 0 Å². The predicted octanol–water partition coefficient (Wildman–Crippen LogP) is 4.23. The number of nitrogens with one attached hydrogen (secondary N) is 1. The number of hydrogen-bond acceptors (Lipinski definition) is 4. The minimum Gasteiger partial charge on any atom is -0.493 e. The van der Waals surface area contributed by atoms with Crippen molar-refractivity contribution in [1.82, 2.24) is 15.4 Å². The first-order valence-corrected chi connectivity index (χ1v) is 7.83. The number of hydrogen-bond donors (Lipinski definition) is 1. The molecule has 1 aromatic heterocycles. The third-order valence-corrected chi connectivity index (χ3v) is 4.13. The highest BCUT2D eigenvalue weighted by Crippen LogP contribution is 2.37. The van der Waals surface area contributed by atoms with E-state index < -0.39 is 0 Å². The van der Waals surface area contributed by atoms with Gasteiger partial charge in [-0.3, -0.25) is 0 Å². The van der Waals surface area contributed by atoms with Crippen LogP contribution in [-0.2, 0) is 0 Å². The fraction of sp³-hybridized carbons (Fsp3) is 0.176. The van der Waals surface area contributed by atoms with Crippen molar-refractivity contribution in [1.29, 1.82) is 0 Å². The van der Waals surface area contributed by atoms with Crippen LogP contribution in [0.25, 0.3) is 22.5 Å². The molecule has 0 atom stereocenters. The van der Waals surface area contributed by atoms with Crippen molar-refractivity contribution in [2.45, 2.75) is 6.92 Å². The van der Waals surface area contributed by atoms with E-state index in [0.717, 1.165) is 38.3 Å². The highest BCUT2D eigenvalue weighted by Gasteiger charge is 2.16. The van der Waals surface area contributed by atoms with E-state index in [2.05, 4.69) is 31.3 Å². The Kier molecular flexibility index (Phi) is 4.34. The second-order valence-electron chi connectivity index (χ2n) is 5.06. The summed E-state index contributed by atoms with van der Waals surface area (Å²) in [6, 6.07) is 11.9. The van der Waals surface area contributed by atoms with Crippen LogP contribution in [0.3, 0.4) is 0 Å². The molecule has 6 heteroatoms. The first-order chi connectivity index (χ1) is 11.1. The van der Waals surface area contributed by atoms with Gasteiger partial charge in [-0.05, 0) is 36.8 Å². The molecule has 0 aliphatic heterocycles. The van der Waals surface area contributed by atoms with Gasteiger partial charge < -0.3 is 9.47 Å². The molecule has 23 heavy (non-hydrogen) atoms. The SMILES string of the molecule is COc1cc(-c2n[nH]nc2-c2ccc(Br)cc2)cc(C)c1OC. The summed E-state index contributed by atoms with van der Waals surface area (Å²) in [7, 11) is 3.26. The molecule has 0 radical (unpaired) electrons. The molecule has 0 saturated carbocycles. The second kappa shape index (κ2) is 6.42. The van der Waals surface area contributed by atoms with Crippen LogP contribution in [0.5, 0.6) is 11.5 Å². The summed E-state index contributed by atoms with van der Waals surface area (Å²) in [6.07, 6.45) is 0. The van der Waals surface area contributed by atoms with Gasteiger partial charge >= 0.3 is 0 Å². The van der Waals surface area contributed by atoms with Gasteiger partial charge in [0.05, 0.1) is 14.2 Å². The lowest BCUT2D eigenvalue weighted by atomic mass is 10.0. The molecule has 0 fully saturated rings. The Morgan fingerprint density at radius 2 is 1.57 bits per heavy atom. The average Bonchev–Trinajstić information content (AvgIpc) is 3.04. The number of halogens is 1. The molecule has 2 aromatic carbocycles. The van der Waals surface area contributed by atoms with Gasteiger partial charge in [-0.2, -0.15) is 15.4 Å². The summed E-state index contributed by atoms with van der Waals surface area (Å²) in [5.41, 5.74) is 4.46. The zero-order valence-electron chi connectivity index (χ0n) is 13.1. The standard InChI is InChI=1S/C17H16BrN3O2/c1-10-8-12(9-14(22-2)17(10)23-3)16-15(19-21-20-16)11-4-6-13(18)7-5-11/h4-9H,1-3H3,(H,19,20,21). The van der Waals surface area contributed by atoms with Crippen LogP contribution in [0.1, 0.15) is 5.56 Å². The van der Waals surface area contributed by atoms with Crippen LogP contribution < -0.4 is 9.47 Å². The van der Waals surface area contributed by atoms with Gasteiger partial charge in [0.15, 0.2) is 11.5 Å². The quantitative estimate of drug-likeness (QED) is 0.743. The second-order valence-corrected chi connectivity index (χ2v) is 5.97. The summed E-state index contributed by atoms with van der Waals surface area (Å²) in [6.45, 7) is 1.98. The molecule has 1 N–H and O–H groups in total. The van der Waals surface area contributed by atoms with Gasteiger partial charge in [0.2, 0.25) is 0 Å². The summed E-state index contributed by atoms with van der Waals surface area (Å²) < 4.78 is 11.8. The van der Waals surface area contributed by atoms with Gasteiger partial charge in [0.1, 0.15) is 11.4 Å². The number of nitrogens with zero attached hydrogens (tertiary/aromatic N) is 2. The minimum absolute atomic E-state index is 0.673. The van der Waals surface area contributed by atoms with Crippen molar-refractivity contribution in [3.05, 3.63) is 46.4 Å². The van der Waals surface area contributed by atoms with Crippen molar-refractivity contribution < 1.29 is 9.47 Å². The Balaban J connectivity index is 2.12. The molecule has 0 aliphatic rings. The maximum atomic E-state index is 5.43. The van der Waals surface area contributed by atoms with Crippen molar-refractivity contribution in [2.75, 3.05) is 14.2 Å². The van der Waals surface area contributed by atoms with Crippen LogP contribution in [0.4, 0.5) is 0 Å². The predicted molar refractivity (Wildman–Crippen MR) is 92.8 cm³/mol. The molecule has 3 rings (SSSR count). The number of benzene rings is 2. The molecular weight excluding hydrogens is 358 g/mol. The average molecular weight is 374 g/mol. The Hall–Kier alpha value is -2.34. The molecule has 3 aromatic rings. The van der Waals surface area contributed by atoms with Crippen molar-refractivity contribution in [3.8, 4) is 34.0 Å². The first-order valence-electron chi connectivity index (χ1n) is 7.03. The van der Waals surface area contributed by atoms with E-state index in [1.807, 2.05) is 43.3 Å². The summed E-state index contributed by atoms with van der Waals surface area (Å²) >= 11 is 3.44. The summed E-state index contributed by atoms with van der Waals surface area (Å²) in [5.74, 6) is 1.40. The number of rotatable bonds is 4. The third-order valence-electron chi connectivity index (χ3n) is 3.60. The van der Waals surface area contributed by atoms with Crippen molar-refractivity contribution in [3.63, 3.8) is 0 Å². The summed E-state index contributed by atoms with van der Waals surface area (Å²) in [4.78, 5) is 0. The van der Waals surface area contributed by atoms with Crippen LogP contribution >= 0.6 is 15.9 Å². The first kappa shape index (κ1) is 15.6. The van der Waals surface area contributed by atoms with E-state index in [9.17, 15) is 0 Å². The van der Waals surface area contributed by atoms with Gasteiger partial charge in [0, 0.05) is 15.6 Å². The Morgan fingerprint density at radius 3 is 2.17 bits per heavy atom. The Labute approximate surface area is 142 Å². The molecule has 0 saturated heterocycles. The van der Waals surface area contributed by atoms with Gasteiger partial charge in [-0.1, -0.05) is 28.1 Å². The zero-order valence-corrected chi connectivity index (χ0v) is 14.6. The number of aromatic amines is 1. The third kappa shape index (κ3) is 2.94. The van der Waals surface area contributed by atoms with E-state index >= 15 is 0 Å². The zero-order chi connectivity index (χ0) is 16.4. The van der Waals surface area contributed by atoms with E-state index in [1.165, 1.54) is 0 Å². The van der Waals surface area contributed by atoms with Crippen molar-refractivity contribution in [2.24, 2.45) is 0 Å². The molecule has 0 bridgehead atoms. The maximum absolute atomic E-state index is 5.43. The number of H-pyrrole nitrogens is 1. The molecule has 1 heterocycles. The highest BCUT2D eigenvalue weighted by atomic mass is 79.9. The normalized spacial score (nSPS) is 10.6. The summed E-state index contributed by atoms with van der Waals surface area (Å²) in [5, 5.41) is 11.3. The molecule has 0 aliphatic carbocycles. The van der Waals surface area contributed by atoms with Crippen LogP contribution in [-0.4, -0.2) is 29.6 Å². The Bertz CT molecular complexity index is 828. The largest absolute Gasteiger partial charge is 0.493 e. The van der Waals surface area contributed by atoms with E-state index in [0.29, 0.717) is 5.75 Å². The van der Waals surface area contributed by atoms with Crippen molar-refractivity contribution >= 4 is 15.9 Å². The van der Waals surface area contributed by atoms with E-state index in [-0.39, 0.29) is 0 Å². The minimum atomic E-state index is 0.673. The number of aromatic nitrogens is 3. The van der Waals surface area contributed by atoms with Crippen LogP contribution in [0.15, 0.2) is 40.9 Å². The molecule has 118 valence electrons. The van der Waals surface area contributed by atoms with E-state index in [4.69, 9.17) is 9.47 Å². The molecular formula is C17H16BrN3O2. The fourth-order valence-corrected chi connectivity index (χ4v) is 2.80. The van der Waals surface area contributed by atoms with E-state index in [1.54, 1.807) is 14.2 Å². The van der Waals surface area contributed by atoms with Gasteiger partial charge in [-0.25, -0.2) is 0 Å². The van der Waals surface area contributed by atoms with Crippen LogP contribution in [0, 0.1) is 6.92 Å². The fourth-order valence-electron chi connectivity index (χ4n) is 2.53. The number of methoxy groups -OCH3 is 2. The van der Waals surface area contributed by atoms with Gasteiger partial charge in [-0.15, -0.1) is 0 Å². The Morgan fingerprint density at radius 1 is 0.913 bits per heavy atom. The lowest BCUT2D eigenvalue weighted by Gasteiger charge is -2.12. The lowest BCUT2D eigenvalue weighted by molar-refractivity contribution is 0.353. The smallest absolute Gasteiger partial charge is 0.163 e. The molecule has 0 spiro atoms. The molecule has 5 nitrogen and oxygen atoms in total. The monoisotopic (exact) mass is 373 g/mol. The number of aryl methyl sites for hydroxylation is 1. The maximum Gasteiger partial charge on any atom is 0.163 e. The molecule has 0 amide bonds. The van der Waals surface area contributed by atoms with Crippen LogP contribution in [0.2, 0.25) is 0 Å². The lowest BCUT2D eigenvalue weighted by Crippen LogP contribution is -1.95.